The molecule has 1 atom stereocenters. The van der Waals surface area contributed by atoms with Crippen LogP contribution in [0.2, 0.25) is 5.02 Å². The van der Waals surface area contributed by atoms with Crippen molar-refractivity contribution >= 4 is 47.2 Å². The number of hydrogen-bond donors (Lipinski definition) is 2. The molecule has 1 amide bonds. The minimum absolute atomic E-state index is 0.254. The van der Waals surface area contributed by atoms with Crippen molar-refractivity contribution in [3.05, 3.63) is 87.8 Å². The van der Waals surface area contributed by atoms with Crippen molar-refractivity contribution in [1.29, 1.82) is 0 Å². The van der Waals surface area contributed by atoms with Gasteiger partial charge >= 0.3 is 0 Å². The molecule has 0 saturated heterocycles. The number of benzene rings is 2. The summed E-state index contributed by atoms with van der Waals surface area (Å²) in [6, 6.07) is 12.4. The lowest BCUT2D eigenvalue weighted by atomic mass is 10.2. The average Bonchev–Trinajstić information content (AvgIpc) is 3.12. The number of nitrogens with zero attached hydrogens (tertiary/aromatic N) is 1. The number of fused-ring (bicyclic) bond motifs is 1. The quantitative estimate of drug-likeness (QED) is 0.296. The molecule has 2 heterocycles. The molecular formula is C24H21ClF2N3O2P. The van der Waals surface area contributed by atoms with E-state index in [0.29, 0.717) is 15.8 Å². The molecule has 5 nitrogen and oxygen atoms in total. The summed E-state index contributed by atoms with van der Waals surface area (Å²) in [7, 11) is 0.194. The molecule has 0 aliphatic carbocycles. The van der Waals surface area contributed by atoms with Crippen LogP contribution in [0.15, 0.2) is 48.7 Å². The standard InChI is InChI=1S/C24H21ClF2N3O2P/c1-13-8-14(2)10-16(9-13)33(32-3)22-17-11-15(25)4-5-20(17)30-21(22)24(31)29-12-18-19(26)6-7-28-23(18)27/h4-11,30H,12H2,1-3H3,(H,29,31). The zero-order valence-electron chi connectivity index (χ0n) is 18.2. The summed E-state index contributed by atoms with van der Waals surface area (Å²) in [4.78, 5) is 19.8. The Labute approximate surface area is 196 Å². The van der Waals surface area contributed by atoms with Crippen LogP contribution in [-0.4, -0.2) is 23.0 Å². The van der Waals surface area contributed by atoms with Gasteiger partial charge in [0.2, 0.25) is 5.95 Å². The molecule has 0 aliphatic heterocycles. The first-order valence-electron chi connectivity index (χ1n) is 10.1. The van der Waals surface area contributed by atoms with Gasteiger partial charge in [-0.3, -0.25) is 4.79 Å². The molecule has 0 aliphatic rings. The van der Waals surface area contributed by atoms with Crippen molar-refractivity contribution in [2.75, 3.05) is 7.11 Å². The molecule has 0 radical (unpaired) electrons. The maximum Gasteiger partial charge on any atom is 0.268 e. The topological polar surface area (TPSA) is 67.0 Å². The van der Waals surface area contributed by atoms with Crippen molar-refractivity contribution in [3.63, 3.8) is 0 Å². The highest BCUT2D eigenvalue weighted by atomic mass is 35.5. The Morgan fingerprint density at radius 2 is 1.88 bits per heavy atom. The van der Waals surface area contributed by atoms with Gasteiger partial charge in [0.25, 0.3) is 5.91 Å². The van der Waals surface area contributed by atoms with Gasteiger partial charge in [0.1, 0.15) is 11.5 Å². The molecule has 2 aromatic heterocycles. The maximum atomic E-state index is 14.0. The molecule has 2 aromatic carbocycles. The Morgan fingerprint density at radius 1 is 1.15 bits per heavy atom. The van der Waals surface area contributed by atoms with E-state index in [0.717, 1.165) is 34.1 Å². The number of aromatic nitrogens is 2. The van der Waals surface area contributed by atoms with Gasteiger partial charge in [0.15, 0.2) is 0 Å². The van der Waals surface area contributed by atoms with Gasteiger partial charge in [-0.1, -0.05) is 28.8 Å². The second kappa shape index (κ2) is 9.56. The van der Waals surface area contributed by atoms with Crippen molar-refractivity contribution < 1.29 is 18.1 Å². The van der Waals surface area contributed by atoms with Crippen LogP contribution in [0.5, 0.6) is 0 Å². The highest BCUT2D eigenvalue weighted by Gasteiger charge is 2.27. The van der Waals surface area contributed by atoms with E-state index in [4.69, 9.17) is 16.1 Å². The lowest BCUT2D eigenvalue weighted by molar-refractivity contribution is 0.0947. The van der Waals surface area contributed by atoms with Gasteiger partial charge in [-0.15, -0.1) is 0 Å². The molecule has 9 heteroatoms. The lowest BCUT2D eigenvalue weighted by Gasteiger charge is -2.18. The van der Waals surface area contributed by atoms with Crippen molar-refractivity contribution in [2.45, 2.75) is 20.4 Å². The van der Waals surface area contributed by atoms with E-state index in [1.165, 1.54) is 0 Å². The van der Waals surface area contributed by atoms with E-state index >= 15 is 0 Å². The second-order valence-corrected chi connectivity index (χ2v) is 9.96. The molecular weight excluding hydrogens is 467 g/mol. The summed E-state index contributed by atoms with van der Waals surface area (Å²) in [5.74, 6) is -2.26. The Kier molecular flexibility index (Phi) is 6.75. The van der Waals surface area contributed by atoms with E-state index in [9.17, 15) is 13.6 Å². The summed E-state index contributed by atoms with van der Waals surface area (Å²) in [5, 5.41) is 5.45. The average molecular weight is 488 g/mol. The van der Waals surface area contributed by atoms with Crippen LogP contribution >= 0.6 is 19.7 Å². The van der Waals surface area contributed by atoms with Crippen molar-refractivity contribution in [1.82, 2.24) is 15.3 Å². The third-order valence-corrected chi connectivity index (χ3v) is 7.36. The number of aromatic amines is 1. The number of halogens is 3. The van der Waals surface area contributed by atoms with E-state index < -0.39 is 25.8 Å². The Bertz CT molecular complexity index is 1320. The third-order valence-electron chi connectivity index (χ3n) is 5.16. The van der Waals surface area contributed by atoms with Crippen LogP contribution in [0.25, 0.3) is 10.9 Å². The van der Waals surface area contributed by atoms with Crippen LogP contribution in [0.1, 0.15) is 27.2 Å². The fourth-order valence-electron chi connectivity index (χ4n) is 3.78. The zero-order valence-corrected chi connectivity index (χ0v) is 19.8. The zero-order chi connectivity index (χ0) is 23.7. The van der Waals surface area contributed by atoms with Gasteiger partial charge in [-0.2, -0.15) is 4.39 Å². The number of nitrogens with one attached hydrogen (secondary N) is 2. The number of carbonyl (C=O) groups excluding carboxylic acids is 1. The van der Waals surface area contributed by atoms with Crippen LogP contribution in [0.4, 0.5) is 8.78 Å². The predicted octanol–water partition coefficient (Wildman–Crippen LogP) is 5.04. The molecule has 0 saturated carbocycles. The van der Waals surface area contributed by atoms with Crippen LogP contribution < -0.4 is 15.9 Å². The minimum Gasteiger partial charge on any atom is -0.353 e. The number of aryl methyl sites for hydroxylation is 2. The van der Waals surface area contributed by atoms with Gasteiger partial charge in [-0.05, 0) is 50.2 Å². The van der Waals surface area contributed by atoms with E-state index in [-0.39, 0.29) is 17.8 Å². The first-order valence-corrected chi connectivity index (χ1v) is 11.7. The first kappa shape index (κ1) is 23.3. The summed E-state index contributed by atoms with van der Waals surface area (Å²) in [6.07, 6.45) is 1.03. The second-order valence-electron chi connectivity index (χ2n) is 7.61. The van der Waals surface area contributed by atoms with Gasteiger partial charge in [0, 0.05) is 39.8 Å². The summed E-state index contributed by atoms with van der Waals surface area (Å²) in [5.41, 5.74) is 2.79. The molecule has 4 rings (SSSR count). The summed E-state index contributed by atoms with van der Waals surface area (Å²) >= 11 is 6.26. The molecule has 0 bridgehead atoms. The smallest absolute Gasteiger partial charge is 0.268 e. The monoisotopic (exact) mass is 487 g/mol. The van der Waals surface area contributed by atoms with E-state index in [1.54, 1.807) is 25.3 Å². The molecule has 2 N–H and O–H groups in total. The normalized spacial score (nSPS) is 12.2. The number of carbonyl (C=O) groups is 1. The third kappa shape index (κ3) is 4.76. The summed E-state index contributed by atoms with van der Waals surface area (Å²) in [6.45, 7) is 3.64. The van der Waals surface area contributed by atoms with Crippen molar-refractivity contribution in [3.8, 4) is 0 Å². The maximum absolute atomic E-state index is 14.0. The number of rotatable bonds is 6. The van der Waals surface area contributed by atoms with Crippen LogP contribution in [-0.2, 0) is 11.1 Å². The largest absolute Gasteiger partial charge is 0.353 e. The van der Waals surface area contributed by atoms with Crippen molar-refractivity contribution in [2.24, 2.45) is 0 Å². The van der Waals surface area contributed by atoms with Gasteiger partial charge in [0.05, 0.1) is 20.3 Å². The fraction of sp³-hybridized carbons (Fsp3) is 0.167. The van der Waals surface area contributed by atoms with E-state index in [1.807, 2.05) is 26.0 Å². The molecule has 1 unspecified atom stereocenters. The minimum atomic E-state index is -1.40. The van der Waals surface area contributed by atoms with Gasteiger partial charge in [-0.25, -0.2) is 9.37 Å². The lowest BCUT2D eigenvalue weighted by Crippen LogP contribution is -2.29. The highest BCUT2D eigenvalue weighted by molar-refractivity contribution is 7.69. The predicted molar refractivity (Wildman–Crippen MR) is 128 cm³/mol. The van der Waals surface area contributed by atoms with Crippen LogP contribution in [0, 0.1) is 25.6 Å². The number of hydrogen-bond acceptors (Lipinski definition) is 3. The number of pyridine rings is 1. The molecule has 33 heavy (non-hydrogen) atoms. The Morgan fingerprint density at radius 3 is 2.55 bits per heavy atom. The first-order chi connectivity index (χ1) is 15.8. The Balaban J connectivity index is 1.80. The number of amides is 1. The fourth-order valence-corrected chi connectivity index (χ4v) is 6.01. The van der Waals surface area contributed by atoms with E-state index in [2.05, 4.69) is 21.4 Å². The number of H-pyrrole nitrogens is 1. The molecule has 4 aromatic rings. The highest BCUT2D eigenvalue weighted by Crippen LogP contribution is 2.39. The summed E-state index contributed by atoms with van der Waals surface area (Å²) < 4.78 is 33.9. The molecule has 0 fully saturated rings. The molecule has 0 spiro atoms. The Hall–Kier alpha value is -2.86. The molecule has 170 valence electrons. The SMILES string of the molecule is COP(c1cc(C)cc(C)c1)c1c(C(=O)NCc2c(F)ccnc2F)[nH]c2ccc(Cl)cc12. The van der Waals surface area contributed by atoms with Crippen LogP contribution in [0.3, 0.4) is 0 Å². The van der Waals surface area contributed by atoms with Gasteiger partial charge < -0.3 is 14.8 Å².